The maximum absolute atomic E-state index is 12.3. The molecule has 7 nitrogen and oxygen atoms in total. The van der Waals surface area contributed by atoms with Crippen LogP contribution in [0.1, 0.15) is 19.8 Å². The molecule has 100 valence electrons. The highest BCUT2D eigenvalue weighted by atomic mass is 32.2. The van der Waals surface area contributed by atoms with Crippen LogP contribution in [0.4, 0.5) is 10.7 Å². The normalized spacial score (nSPS) is 16.1. The molecule has 1 aliphatic carbocycles. The fourth-order valence-corrected chi connectivity index (χ4v) is 4.78. The molecule has 9 heteroatoms. The Morgan fingerprint density at radius 3 is 2.61 bits per heavy atom. The van der Waals surface area contributed by atoms with Gasteiger partial charge in [0, 0.05) is 18.7 Å². The second kappa shape index (κ2) is 4.48. The Kier molecular flexibility index (Phi) is 3.30. The van der Waals surface area contributed by atoms with Gasteiger partial charge in [0.25, 0.3) is 10.0 Å². The lowest BCUT2D eigenvalue weighted by Gasteiger charge is -2.18. The van der Waals surface area contributed by atoms with Crippen molar-refractivity contribution in [1.82, 2.24) is 4.31 Å². The van der Waals surface area contributed by atoms with Gasteiger partial charge in [-0.15, -0.1) is 0 Å². The van der Waals surface area contributed by atoms with Crippen LogP contribution in [-0.4, -0.2) is 30.2 Å². The number of hydrogen-bond donors (Lipinski definition) is 1. The Bertz CT molecular complexity index is 577. The third-order valence-corrected chi connectivity index (χ3v) is 6.17. The molecule has 1 heterocycles. The van der Waals surface area contributed by atoms with E-state index in [0.29, 0.717) is 6.54 Å². The number of sulfonamides is 1. The van der Waals surface area contributed by atoms with Crippen LogP contribution in [0.15, 0.2) is 10.3 Å². The monoisotopic (exact) mass is 291 g/mol. The molecule has 0 unspecified atom stereocenters. The first-order valence-corrected chi connectivity index (χ1v) is 7.69. The second-order valence-electron chi connectivity index (χ2n) is 4.01. The van der Waals surface area contributed by atoms with Crippen LogP contribution in [0.5, 0.6) is 0 Å². The fourth-order valence-electron chi connectivity index (χ4n) is 1.75. The van der Waals surface area contributed by atoms with Crippen LogP contribution in [0.3, 0.4) is 0 Å². The van der Waals surface area contributed by atoms with Gasteiger partial charge in [0.2, 0.25) is 0 Å². The van der Waals surface area contributed by atoms with Crippen molar-refractivity contribution in [3.8, 4) is 0 Å². The Balaban J connectivity index is 2.40. The molecule has 2 rings (SSSR count). The zero-order chi connectivity index (χ0) is 13.5. The summed E-state index contributed by atoms with van der Waals surface area (Å²) in [4.78, 5) is 10.0. The summed E-state index contributed by atoms with van der Waals surface area (Å²) in [6.45, 7) is 2.11. The van der Waals surface area contributed by atoms with E-state index >= 15 is 0 Å². The third-order valence-electron chi connectivity index (χ3n) is 2.74. The topological polar surface area (TPSA) is 107 Å². The van der Waals surface area contributed by atoms with Gasteiger partial charge in [-0.25, -0.2) is 8.42 Å². The molecular weight excluding hydrogens is 278 g/mol. The predicted octanol–water partition coefficient (Wildman–Crippen LogP) is 1.41. The minimum Gasteiger partial charge on any atom is -0.385 e. The molecule has 0 spiro atoms. The van der Waals surface area contributed by atoms with Crippen molar-refractivity contribution < 1.29 is 13.3 Å². The summed E-state index contributed by atoms with van der Waals surface area (Å²) < 4.78 is 25.9. The van der Waals surface area contributed by atoms with Crippen molar-refractivity contribution in [3.63, 3.8) is 0 Å². The number of nitrogen functional groups attached to an aromatic ring is 1. The lowest BCUT2D eigenvalue weighted by atomic mass is 10.5. The largest absolute Gasteiger partial charge is 0.385 e. The van der Waals surface area contributed by atoms with E-state index < -0.39 is 14.9 Å². The highest BCUT2D eigenvalue weighted by molar-refractivity contribution is 7.91. The summed E-state index contributed by atoms with van der Waals surface area (Å²) in [5, 5.41) is 10.6. The molecule has 0 aromatic carbocycles. The summed E-state index contributed by atoms with van der Waals surface area (Å²) in [7, 11) is -3.66. The summed E-state index contributed by atoms with van der Waals surface area (Å²) in [5.41, 5.74) is 5.12. The van der Waals surface area contributed by atoms with Crippen LogP contribution in [0.2, 0.25) is 0 Å². The van der Waals surface area contributed by atoms with E-state index in [9.17, 15) is 18.5 Å². The maximum atomic E-state index is 12.3. The van der Waals surface area contributed by atoms with Gasteiger partial charge in [-0.05, 0) is 12.8 Å². The van der Waals surface area contributed by atoms with E-state index in [1.165, 1.54) is 4.31 Å². The van der Waals surface area contributed by atoms with Gasteiger partial charge >= 0.3 is 5.69 Å². The molecule has 0 atom stereocenters. The van der Waals surface area contributed by atoms with Crippen molar-refractivity contribution in [2.75, 3.05) is 12.3 Å². The second-order valence-corrected chi connectivity index (χ2v) is 7.21. The minimum absolute atomic E-state index is 0.0300. The first-order chi connectivity index (χ1) is 8.37. The van der Waals surface area contributed by atoms with Crippen molar-refractivity contribution in [1.29, 1.82) is 0 Å². The highest BCUT2D eigenvalue weighted by Gasteiger charge is 2.38. The molecule has 1 fully saturated rings. The van der Waals surface area contributed by atoms with Crippen molar-refractivity contribution in [2.24, 2.45) is 0 Å². The van der Waals surface area contributed by atoms with Crippen molar-refractivity contribution in [2.45, 2.75) is 30.0 Å². The van der Waals surface area contributed by atoms with Gasteiger partial charge in [0.05, 0.1) is 4.92 Å². The Hall–Kier alpha value is -1.19. The highest BCUT2D eigenvalue weighted by Crippen LogP contribution is 2.38. The molecule has 1 aromatic heterocycles. The fraction of sp³-hybridized carbons (Fsp3) is 0.556. The zero-order valence-electron chi connectivity index (χ0n) is 9.70. The first kappa shape index (κ1) is 13.2. The van der Waals surface area contributed by atoms with E-state index in [0.717, 1.165) is 30.2 Å². The van der Waals surface area contributed by atoms with E-state index in [-0.39, 0.29) is 20.9 Å². The molecule has 1 saturated carbocycles. The molecule has 0 bridgehead atoms. The molecule has 0 radical (unpaired) electrons. The summed E-state index contributed by atoms with van der Waals surface area (Å²) >= 11 is 0.745. The molecule has 0 saturated heterocycles. The number of thiophene rings is 1. The predicted molar refractivity (Wildman–Crippen MR) is 68.0 cm³/mol. The minimum atomic E-state index is -3.66. The van der Waals surface area contributed by atoms with Crippen LogP contribution in [0, 0.1) is 10.1 Å². The van der Waals surface area contributed by atoms with Gasteiger partial charge in [0.15, 0.2) is 5.00 Å². The number of anilines is 1. The lowest BCUT2D eigenvalue weighted by molar-refractivity contribution is -0.383. The van der Waals surface area contributed by atoms with E-state index in [2.05, 4.69) is 0 Å². The van der Waals surface area contributed by atoms with E-state index in [4.69, 9.17) is 5.73 Å². The quantitative estimate of drug-likeness (QED) is 0.652. The Morgan fingerprint density at radius 1 is 1.61 bits per heavy atom. The molecule has 1 aliphatic rings. The van der Waals surface area contributed by atoms with Crippen molar-refractivity contribution >= 4 is 32.0 Å². The third kappa shape index (κ3) is 2.20. The Morgan fingerprint density at radius 2 is 2.22 bits per heavy atom. The molecule has 0 amide bonds. The number of hydrogen-bond acceptors (Lipinski definition) is 6. The number of nitro groups is 1. The van der Waals surface area contributed by atoms with Gasteiger partial charge in [-0.3, -0.25) is 10.1 Å². The molecule has 18 heavy (non-hydrogen) atoms. The standard InChI is InChI=1S/C9H13N3O4S2/c1-2-11(6-3-4-6)18(15,16)8-5-7(12(13)14)9(10)17-8/h5-6H,2-4,10H2,1H3. The van der Waals surface area contributed by atoms with Gasteiger partial charge in [-0.2, -0.15) is 4.31 Å². The van der Waals surface area contributed by atoms with E-state index in [1.807, 2.05) is 0 Å². The maximum Gasteiger partial charge on any atom is 0.304 e. The van der Waals surface area contributed by atoms with Gasteiger partial charge < -0.3 is 5.73 Å². The molecular formula is C9H13N3O4S2. The summed E-state index contributed by atoms with van der Waals surface area (Å²) in [6.07, 6.45) is 1.69. The van der Waals surface area contributed by atoms with Crippen LogP contribution in [0.25, 0.3) is 0 Å². The SMILES string of the molecule is CCN(C1CC1)S(=O)(=O)c1cc([N+](=O)[O-])c(N)s1. The molecule has 1 aromatic rings. The number of nitrogens with zero attached hydrogens (tertiary/aromatic N) is 2. The summed E-state index contributed by atoms with van der Waals surface area (Å²) in [5.74, 6) is 0. The van der Waals surface area contributed by atoms with Gasteiger partial charge in [0.1, 0.15) is 4.21 Å². The van der Waals surface area contributed by atoms with Crippen LogP contribution in [-0.2, 0) is 10.0 Å². The smallest absolute Gasteiger partial charge is 0.304 e. The van der Waals surface area contributed by atoms with Crippen LogP contribution < -0.4 is 5.73 Å². The molecule has 2 N–H and O–H groups in total. The number of rotatable bonds is 5. The summed E-state index contributed by atoms with van der Waals surface area (Å²) in [6, 6.07) is 1.07. The average Bonchev–Trinajstić information content (AvgIpc) is 3.00. The lowest BCUT2D eigenvalue weighted by Crippen LogP contribution is -2.32. The zero-order valence-corrected chi connectivity index (χ0v) is 11.3. The Labute approximate surface area is 108 Å². The van der Waals surface area contributed by atoms with Crippen LogP contribution >= 0.6 is 11.3 Å². The van der Waals surface area contributed by atoms with Gasteiger partial charge in [-0.1, -0.05) is 18.3 Å². The first-order valence-electron chi connectivity index (χ1n) is 5.43. The molecule has 0 aliphatic heterocycles. The van der Waals surface area contributed by atoms with E-state index in [1.54, 1.807) is 6.92 Å². The average molecular weight is 291 g/mol. The van der Waals surface area contributed by atoms with Crippen molar-refractivity contribution in [3.05, 3.63) is 16.2 Å². The number of nitrogens with two attached hydrogens (primary N) is 1.